The average Bonchev–Trinajstić information content (AvgIpc) is 2.18. The highest BCUT2D eigenvalue weighted by atomic mass is 16.3. The van der Waals surface area contributed by atoms with Gasteiger partial charge in [-0.15, -0.1) is 0 Å². The summed E-state index contributed by atoms with van der Waals surface area (Å²) in [6, 6.07) is 0. The summed E-state index contributed by atoms with van der Waals surface area (Å²) in [5.41, 5.74) is -3.45. The van der Waals surface area contributed by atoms with Crippen LogP contribution in [0.3, 0.4) is 0 Å². The number of likely N-dealkylation sites (tertiary alicyclic amines) is 1. The Morgan fingerprint density at radius 1 is 1.67 bits per heavy atom. The summed E-state index contributed by atoms with van der Waals surface area (Å²) in [5, 5.41) is 10.3. The second kappa shape index (κ2) is 2.46. The molecule has 1 rings (SSSR count). The first kappa shape index (κ1) is 5.22. The van der Waals surface area contributed by atoms with E-state index >= 15 is 0 Å². The minimum atomic E-state index is -2.66. The lowest BCUT2D eigenvalue weighted by Crippen LogP contribution is -2.49. The molecule has 1 saturated heterocycles. The molecule has 1 aliphatic heterocycles. The third-order valence-electron chi connectivity index (χ3n) is 2.10. The van der Waals surface area contributed by atoms with Crippen LogP contribution >= 0.6 is 0 Å². The normalized spacial score (nSPS) is 44.8. The third kappa shape index (κ3) is 1.12. The van der Waals surface area contributed by atoms with Crippen molar-refractivity contribution in [1.29, 1.82) is 0 Å². The van der Waals surface area contributed by atoms with E-state index in [1.165, 1.54) is 20.8 Å². The molecule has 1 fully saturated rings. The zero-order valence-electron chi connectivity index (χ0n) is 11.8. The van der Waals surface area contributed by atoms with Crippen LogP contribution < -0.4 is 0 Å². The lowest BCUT2D eigenvalue weighted by molar-refractivity contribution is -0.152. The van der Waals surface area contributed by atoms with Crippen LogP contribution in [-0.2, 0) is 4.79 Å². The molecule has 0 radical (unpaired) electrons. The molecule has 0 aromatic heterocycles. The Hall–Kier alpha value is -0.570. The molecule has 0 aromatic carbocycles. The maximum absolute atomic E-state index is 11.9. The molecule has 1 heterocycles. The van der Waals surface area contributed by atoms with Gasteiger partial charge < -0.3 is 10.0 Å². The largest absolute Gasteiger partial charge is 0.379 e. The van der Waals surface area contributed by atoms with E-state index in [2.05, 4.69) is 0 Å². The standard InChI is InChI=1S/C9H17NO2/c1-8(2,3)9(12)5-6-10(4)7(9)11/h12H,5-6H2,1-4H3/i5D2,6D2. The Balaban J connectivity index is 3.50. The molecule has 1 amide bonds. The zero-order chi connectivity index (χ0) is 13.2. The number of likely N-dealkylation sites (N-methyl/N-ethyl adjacent to an activating group) is 1. The summed E-state index contributed by atoms with van der Waals surface area (Å²) >= 11 is 0. The highest BCUT2D eigenvalue weighted by Crippen LogP contribution is 2.38. The van der Waals surface area contributed by atoms with E-state index < -0.39 is 29.8 Å². The van der Waals surface area contributed by atoms with Crippen molar-refractivity contribution in [2.24, 2.45) is 5.41 Å². The lowest BCUT2D eigenvalue weighted by Gasteiger charge is -2.34. The highest BCUT2D eigenvalue weighted by Gasteiger charge is 2.51. The maximum Gasteiger partial charge on any atom is 0.254 e. The van der Waals surface area contributed by atoms with E-state index in [-0.39, 0.29) is 0 Å². The lowest BCUT2D eigenvalue weighted by atomic mass is 9.75. The molecule has 3 nitrogen and oxygen atoms in total. The summed E-state index contributed by atoms with van der Waals surface area (Å²) in [7, 11) is 1.16. The number of carbonyl (C=O) groups is 1. The molecule has 1 N–H and O–H groups in total. The summed E-state index contributed by atoms with van der Waals surface area (Å²) in [5.74, 6) is -0.921. The molecular weight excluding hydrogens is 154 g/mol. The SMILES string of the molecule is [2H]C1([2H])N(C)C(=O)C(O)(C(C)(C)C)C1([2H])[2H]. The molecule has 3 heteroatoms. The summed E-state index contributed by atoms with van der Waals surface area (Å²) in [6.45, 7) is 2.01. The fraction of sp³-hybridized carbons (Fsp3) is 0.889. The second-order valence-electron chi connectivity index (χ2n) is 4.06. The van der Waals surface area contributed by atoms with Crippen molar-refractivity contribution in [1.82, 2.24) is 4.90 Å². The fourth-order valence-corrected chi connectivity index (χ4v) is 1.02. The number of carbonyl (C=O) groups excluding carboxylic acids is 1. The van der Waals surface area contributed by atoms with Crippen molar-refractivity contribution in [3.05, 3.63) is 0 Å². The van der Waals surface area contributed by atoms with E-state index in [4.69, 9.17) is 5.48 Å². The summed E-state index contributed by atoms with van der Waals surface area (Å²) in [6.07, 6.45) is -2.66. The summed E-state index contributed by atoms with van der Waals surface area (Å²) in [4.78, 5) is 12.5. The number of amides is 1. The van der Waals surface area contributed by atoms with Gasteiger partial charge in [0.15, 0.2) is 0 Å². The Morgan fingerprint density at radius 3 is 2.33 bits per heavy atom. The van der Waals surface area contributed by atoms with Gasteiger partial charge in [0, 0.05) is 25.4 Å². The third-order valence-corrected chi connectivity index (χ3v) is 2.10. The van der Waals surface area contributed by atoms with Gasteiger partial charge in [0.05, 0.1) is 0 Å². The number of aliphatic hydroxyl groups is 1. The average molecular weight is 175 g/mol. The highest BCUT2D eigenvalue weighted by molar-refractivity contribution is 5.87. The minimum Gasteiger partial charge on any atom is -0.379 e. The van der Waals surface area contributed by atoms with Crippen LogP contribution in [0.4, 0.5) is 0 Å². The van der Waals surface area contributed by atoms with Gasteiger partial charge in [-0.1, -0.05) is 20.8 Å². The van der Waals surface area contributed by atoms with Crippen LogP contribution in [-0.4, -0.2) is 35.1 Å². The van der Waals surface area contributed by atoms with Crippen LogP contribution in [0, 0.1) is 5.41 Å². The van der Waals surface area contributed by atoms with Crippen molar-refractivity contribution in [2.75, 3.05) is 13.5 Å². The predicted octanol–water partition coefficient (Wildman–Crippen LogP) is 0.626. The Morgan fingerprint density at radius 2 is 2.17 bits per heavy atom. The molecule has 1 atom stereocenters. The molecule has 0 aromatic rings. The van der Waals surface area contributed by atoms with Gasteiger partial charge in [0.1, 0.15) is 5.60 Å². The molecule has 12 heavy (non-hydrogen) atoms. The maximum atomic E-state index is 11.9. The molecule has 1 unspecified atom stereocenters. The van der Waals surface area contributed by atoms with E-state index in [0.717, 1.165) is 7.05 Å². The number of hydrogen-bond acceptors (Lipinski definition) is 2. The van der Waals surface area contributed by atoms with Gasteiger partial charge in [-0.25, -0.2) is 0 Å². The van der Waals surface area contributed by atoms with Crippen molar-refractivity contribution in [3.8, 4) is 0 Å². The first-order valence-corrected chi connectivity index (χ1v) is 3.82. The van der Waals surface area contributed by atoms with Gasteiger partial charge in [0.25, 0.3) is 5.91 Å². The molecular formula is C9H17NO2. The Bertz CT molecular complexity index is 337. The van der Waals surface area contributed by atoms with Gasteiger partial charge >= 0.3 is 0 Å². The topological polar surface area (TPSA) is 40.5 Å². The predicted molar refractivity (Wildman–Crippen MR) is 46.7 cm³/mol. The zero-order valence-corrected chi connectivity index (χ0v) is 7.80. The fourth-order valence-electron chi connectivity index (χ4n) is 1.02. The monoisotopic (exact) mass is 175 g/mol. The van der Waals surface area contributed by atoms with Crippen molar-refractivity contribution in [3.63, 3.8) is 0 Å². The van der Waals surface area contributed by atoms with Crippen LogP contribution in [0.5, 0.6) is 0 Å². The molecule has 0 saturated carbocycles. The minimum absolute atomic E-state index is 0.637. The van der Waals surface area contributed by atoms with Crippen LogP contribution in [0.15, 0.2) is 0 Å². The first-order valence-electron chi connectivity index (χ1n) is 5.82. The Kier molecular flexibility index (Phi) is 1.07. The number of rotatable bonds is 0. The second-order valence-corrected chi connectivity index (χ2v) is 4.06. The molecule has 1 aliphatic rings. The van der Waals surface area contributed by atoms with E-state index in [0.29, 0.717) is 4.90 Å². The van der Waals surface area contributed by atoms with Crippen molar-refractivity contribution >= 4 is 5.91 Å². The van der Waals surface area contributed by atoms with E-state index in [9.17, 15) is 9.90 Å². The van der Waals surface area contributed by atoms with Crippen LogP contribution in [0.1, 0.15) is 32.6 Å². The molecule has 0 bridgehead atoms. The van der Waals surface area contributed by atoms with Gasteiger partial charge in [-0.3, -0.25) is 4.79 Å². The quantitative estimate of drug-likeness (QED) is 0.586. The van der Waals surface area contributed by atoms with Crippen LogP contribution in [0.2, 0.25) is 0 Å². The van der Waals surface area contributed by atoms with Crippen LogP contribution in [0.25, 0.3) is 0 Å². The number of hydrogen-bond donors (Lipinski definition) is 1. The molecule has 0 spiro atoms. The van der Waals surface area contributed by atoms with Crippen molar-refractivity contribution in [2.45, 2.75) is 32.7 Å². The smallest absolute Gasteiger partial charge is 0.254 e. The van der Waals surface area contributed by atoms with E-state index in [1.54, 1.807) is 0 Å². The summed E-state index contributed by atoms with van der Waals surface area (Å²) < 4.78 is 30.7. The van der Waals surface area contributed by atoms with Crippen molar-refractivity contribution < 1.29 is 15.4 Å². The molecule has 70 valence electrons. The number of nitrogens with zero attached hydrogens (tertiary/aromatic N) is 1. The first-order chi connectivity index (χ1) is 6.82. The van der Waals surface area contributed by atoms with Gasteiger partial charge in [0.2, 0.25) is 0 Å². The Labute approximate surface area is 79.0 Å². The van der Waals surface area contributed by atoms with Gasteiger partial charge in [-0.2, -0.15) is 0 Å². The molecule has 0 aliphatic carbocycles. The van der Waals surface area contributed by atoms with Gasteiger partial charge in [-0.05, 0) is 5.41 Å². The van der Waals surface area contributed by atoms with E-state index in [1.807, 2.05) is 0 Å².